The van der Waals surface area contributed by atoms with Crippen LogP contribution in [0.4, 0.5) is 10.5 Å². The molecule has 41 heavy (non-hydrogen) atoms. The Labute approximate surface area is 264 Å². The van der Waals surface area contributed by atoms with Crippen molar-refractivity contribution in [1.82, 2.24) is 9.88 Å². The largest absolute Gasteiger partial charge is 0.482 e. The van der Waals surface area contributed by atoms with Crippen molar-refractivity contribution in [1.29, 1.82) is 0 Å². The standard InChI is InChI=1S/C31H39BrIN3O5/c1-19(39-6)18-40-26-15-24(35(5)21-12-13-36(17-21)30(37)38)22-14-23(33)27(32)29(28(22)34-26)41-25(16-31(2,3)4)20-10-8-7-9-11-20/h7-11,14-15,19,21,25H,12-13,16-18H2,1-6H3,(H,37,38)/t19-,21-,25-/m0/s1. The van der Waals surface area contributed by atoms with E-state index in [0.717, 1.165) is 37.5 Å². The second-order valence-corrected chi connectivity index (χ2v) is 13.8. The van der Waals surface area contributed by atoms with Gasteiger partial charge in [0.05, 0.1) is 16.3 Å². The number of nitrogens with zero attached hydrogens (tertiary/aromatic N) is 3. The van der Waals surface area contributed by atoms with Crippen LogP contribution in [0, 0.1) is 8.99 Å². The molecule has 0 aliphatic carbocycles. The van der Waals surface area contributed by atoms with Crippen molar-refractivity contribution in [2.24, 2.45) is 5.41 Å². The van der Waals surface area contributed by atoms with Gasteiger partial charge in [-0.15, -0.1) is 0 Å². The SMILES string of the molecule is CO[C@@H](C)COc1cc(N(C)[C@H]2CCN(C(=O)O)C2)c2cc(I)c(Br)c(O[C@@H](CC(C)(C)C)c3ccccc3)c2n1. The van der Waals surface area contributed by atoms with Crippen LogP contribution in [0.3, 0.4) is 0 Å². The van der Waals surface area contributed by atoms with Crippen LogP contribution in [-0.2, 0) is 4.74 Å². The number of likely N-dealkylation sites (N-methyl/N-ethyl adjacent to an activating group) is 1. The molecule has 1 saturated heterocycles. The minimum absolute atomic E-state index is 0.0195. The maximum Gasteiger partial charge on any atom is 0.407 e. The first-order valence-corrected chi connectivity index (χ1v) is 15.7. The molecular formula is C31H39BrIN3O5. The van der Waals surface area contributed by atoms with Gasteiger partial charge in [-0.1, -0.05) is 51.1 Å². The van der Waals surface area contributed by atoms with E-state index in [0.29, 0.717) is 36.8 Å². The molecule has 1 aromatic heterocycles. The number of benzene rings is 2. The number of anilines is 1. The van der Waals surface area contributed by atoms with E-state index in [1.807, 2.05) is 38.2 Å². The lowest BCUT2D eigenvalue weighted by molar-refractivity contribution is 0.0700. The maximum absolute atomic E-state index is 11.6. The summed E-state index contributed by atoms with van der Waals surface area (Å²) in [5.74, 6) is 1.12. The number of carboxylic acid groups (broad SMARTS) is 1. The molecule has 2 heterocycles. The van der Waals surface area contributed by atoms with Crippen molar-refractivity contribution in [2.45, 2.75) is 58.8 Å². The molecule has 0 radical (unpaired) electrons. The van der Waals surface area contributed by atoms with Crippen molar-refractivity contribution >= 4 is 61.2 Å². The fourth-order valence-corrected chi connectivity index (χ4v) is 5.95. The Morgan fingerprint density at radius 1 is 1.27 bits per heavy atom. The Hall–Kier alpha value is -2.31. The highest BCUT2D eigenvalue weighted by Gasteiger charge is 2.31. The molecular weight excluding hydrogens is 701 g/mol. The highest BCUT2D eigenvalue weighted by atomic mass is 127. The average Bonchev–Trinajstić information content (AvgIpc) is 3.44. The molecule has 1 aliphatic rings. The average molecular weight is 740 g/mol. The molecule has 4 rings (SSSR count). The van der Waals surface area contributed by atoms with Crippen molar-refractivity contribution < 1.29 is 24.1 Å². The second kappa shape index (κ2) is 13.3. The summed E-state index contributed by atoms with van der Waals surface area (Å²) < 4.78 is 20.3. The van der Waals surface area contributed by atoms with Crippen molar-refractivity contribution in [2.75, 3.05) is 38.8 Å². The van der Waals surface area contributed by atoms with Gasteiger partial charge in [-0.25, -0.2) is 9.78 Å². The van der Waals surface area contributed by atoms with Crippen LogP contribution in [0.25, 0.3) is 10.9 Å². The van der Waals surface area contributed by atoms with Crippen molar-refractivity contribution in [3.63, 3.8) is 0 Å². The van der Waals surface area contributed by atoms with Gasteiger partial charge in [-0.2, -0.15) is 0 Å². The minimum atomic E-state index is -0.891. The Morgan fingerprint density at radius 2 is 1.98 bits per heavy atom. The van der Waals surface area contributed by atoms with Gasteiger partial charge in [0, 0.05) is 48.3 Å². The second-order valence-electron chi connectivity index (χ2n) is 11.8. The molecule has 1 aliphatic heterocycles. The number of amides is 1. The summed E-state index contributed by atoms with van der Waals surface area (Å²) in [6, 6.07) is 14.3. The highest BCUT2D eigenvalue weighted by molar-refractivity contribution is 14.1. The Kier molecular flexibility index (Phi) is 10.3. The van der Waals surface area contributed by atoms with Gasteiger partial charge < -0.3 is 29.1 Å². The van der Waals surface area contributed by atoms with E-state index in [9.17, 15) is 9.90 Å². The summed E-state index contributed by atoms with van der Waals surface area (Å²) in [5.41, 5.74) is 2.71. The number of carbonyl (C=O) groups is 1. The number of pyridine rings is 1. The monoisotopic (exact) mass is 739 g/mol. The number of fused-ring (bicyclic) bond motifs is 1. The molecule has 3 atom stereocenters. The summed E-state index contributed by atoms with van der Waals surface area (Å²) in [7, 11) is 3.66. The summed E-state index contributed by atoms with van der Waals surface area (Å²) >= 11 is 6.13. The van der Waals surface area contributed by atoms with E-state index < -0.39 is 6.09 Å². The van der Waals surface area contributed by atoms with Gasteiger partial charge in [0.2, 0.25) is 5.88 Å². The molecule has 0 spiro atoms. The maximum atomic E-state index is 11.6. The lowest BCUT2D eigenvalue weighted by Crippen LogP contribution is -2.36. The number of hydrogen-bond donors (Lipinski definition) is 1. The van der Waals surface area contributed by atoms with Gasteiger partial charge >= 0.3 is 6.09 Å². The van der Waals surface area contributed by atoms with Crippen LogP contribution in [0.15, 0.2) is 46.9 Å². The third kappa shape index (κ3) is 7.75. The van der Waals surface area contributed by atoms with E-state index in [-0.39, 0.29) is 23.7 Å². The molecule has 0 saturated carbocycles. The molecule has 1 N–H and O–H groups in total. The summed E-state index contributed by atoms with van der Waals surface area (Å²) in [5, 5.41) is 10.5. The number of rotatable bonds is 10. The lowest BCUT2D eigenvalue weighted by Gasteiger charge is -2.30. The van der Waals surface area contributed by atoms with E-state index in [4.69, 9.17) is 19.2 Å². The topological polar surface area (TPSA) is 84.4 Å². The number of hydrogen-bond acceptors (Lipinski definition) is 6. The van der Waals surface area contributed by atoms with Crippen LogP contribution in [-0.4, -0.2) is 67.1 Å². The van der Waals surface area contributed by atoms with Gasteiger partial charge in [-0.05, 0) is 75.3 Å². The summed E-state index contributed by atoms with van der Waals surface area (Å²) in [4.78, 5) is 20.2. The quantitative estimate of drug-likeness (QED) is 0.213. The smallest absolute Gasteiger partial charge is 0.407 e. The normalized spacial score (nSPS) is 17.0. The third-order valence-corrected chi connectivity index (χ3v) is 9.75. The molecule has 1 amide bonds. The zero-order chi connectivity index (χ0) is 29.9. The molecule has 0 bridgehead atoms. The van der Waals surface area contributed by atoms with Gasteiger partial charge in [-0.3, -0.25) is 0 Å². The van der Waals surface area contributed by atoms with Crippen LogP contribution in [0.1, 0.15) is 52.2 Å². The van der Waals surface area contributed by atoms with Crippen LogP contribution < -0.4 is 14.4 Å². The molecule has 8 nitrogen and oxygen atoms in total. The van der Waals surface area contributed by atoms with Crippen molar-refractivity contribution in [3.8, 4) is 11.6 Å². The molecule has 1 fully saturated rings. The first kappa shape index (κ1) is 31.6. The van der Waals surface area contributed by atoms with E-state index in [1.165, 1.54) is 4.90 Å². The molecule has 222 valence electrons. The number of likely N-dealkylation sites (tertiary alicyclic amines) is 1. The van der Waals surface area contributed by atoms with Crippen LogP contribution in [0.5, 0.6) is 11.6 Å². The van der Waals surface area contributed by atoms with E-state index >= 15 is 0 Å². The Balaban J connectivity index is 1.85. The van der Waals surface area contributed by atoms with Gasteiger partial charge in [0.25, 0.3) is 0 Å². The van der Waals surface area contributed by atoms with Gasteiger partial charge in [0.1, 0.15) is 18.2 Å². The number of halogens is 2. The van der Waals surface area contributed by atoms with E-state index in [1.54, 1.807) is 7.11 Å². The van der Waals surface area contributed by atoms with Crippen LogP contribution in [0.2, 0.25) is 0 Å². The fourth-order valence-electron chi connectivity index (χ4n) is 5.00. The molecule has 10 heteroatoms. The molecule has 0 unspecified atom stereocenters. The van der Waals surface area contributed by atoms with Crippen molar-refractivity contribution in [3.05, 3.63) is 56.1 Å². The van der Waals surface area contributed by atoms with Crippen LogP contribution >= 0.6 is 38.5 Å². The Bertz CT molecular complexity index is 1370. The Morgan fingerprint density at radius 3 is 2.59 bits per heavy atom. The predicted molar refractivity (Wildman–Crippen MR) is 174 cm³/mol. The van der Waals surface area contributed by atoms with E-state index in [2.05, 4.69) is 82.4 Å². The zero-order valence-corrected chi connectivity index (χ0v) is 28.2. The lowest BCUT2D eigenvalue weighted by atomic mass is 9.87. The number of aromatic nitrogens is 1. The molecule has 2 aromatic carbocycles. The first-order valence-electron chi connectivity index (χ1n) is 13.8. The third-order valence-electron chi connectivity index (χ3n) is 7.37. The fraction of sp³-hybridized carbons (Fsp3) is 0.484. The molecule has 3 aromatic rings. The predicted octanol–water partition coefficient (Wildman–Crippen LogP) is 7.76. The highest BCUT2D eigenvalue weighted by Crippen LogP contribution is 2.45. The zero-order valence-electron chi connectivity index (χ0n) is 24.5. The van der Waals surface area contributed by atoms with Gasteiger partial charge in [0.15, 0.2) is 5.75 Å². The summed E-state index contributed by atoms with van der Waals surface area (Å²) in [6.07, 6.45) is 0.341. The number of ether oxygens (including phenoxy) is 3. The first-order chi connectivity index (χ1) is 19.4. The number of methoxy groups -OCH3 is 1. The summed E-state index contributed by atoms with van der Waals surface area (Å²) in [6.45, 7) is 9.86. The minimum Gasteiger partial charge on any atom is -0.482 e.